The first-order valence-corrected chi connectivity index (χ1v) is 13.3. The summed E-state index contributed by atoms with van der Waals surface area (Å²) in [6, 6.07) is 13.8. The fraction of sp³-hybridized carbons (Fsp3) is 0.276. The number of hydrogen-bond acceptors (Lipinski definition) is 9. The average molecular weight is 574 g/mol. The molecule has 42 heavy (non-hydrogen) atoms. The van der Waals surface area contributed by atoms with E-state index in [4.69, 9.17) is 14.7 Å². The lowest BCUT2D eigenvalue weighted by Gasteiger charge is -2.30. The molecule has 1 saturated heterocycles. The summed E-state index contributed by atoms with van der Waals surface area (Å²) < 4.78 is 41.8. The van der Waals surface area contributed by atoms with Crippen molar-refractivity contribution in [3.8, 4) is 11.9 Å². The zero-order chi connectivity index (χ0) is 29.2. The minimum absolute atomic E-state index is 0.0196. The van der Waals surface area contributed by atoms with Crippen molar-refractivity contribution in [2.75, 3.05) is 24.6 Å². The second-order valence-corrected chi connectivity index (χ2v) is 9.90. The van der Waals surface area contributed by atoms with E-state index in [0.29, 0.717) is 66.9 Å². The lowest BCUT2D eigenvalue weighted by molar-refractivity contribution is -0.0592. The minimum Gasteiger partial charge on any atom is -0.478 e. The Morgan fingerprint density at radius 3 is 2.69 bits per heavy atom. The first-order valence-electron chi connectivity index (χ1n) is 13.3. The molecule has 4 aromatic rings. The Labute approximate surface area is 238 Å². The first-order chi connectivity index (χ1) is 20.4. The van der Waals surface area contributed by atoms with Crippen LogP contribution in [0.3, 0.4) is 0 Å². The van der Waals surface area contributed by atoms with Gasteiger partial charge in [-0.05, 0) is 30.7 Å². The molecule has 2 aliphatic rings. The molecule has 0 amide bonds. The lowest BCUT2D eigenvalue weighted by atomic mass is 10.1. The summed E-state index contributed by atoms with van der Waals surface area (Å²) in [4.78, 5) is 22.5. The minimum atomic E-state index is -1.34. The van der Waals surface area contributed by atoms with Crippen LogP contribution < -0.4 is 9.64 Å². The maximum atomic E-state index is 14.4. The van der Waals surface area contributed by atoms with Gasteiger partial charge in [-0.15, -0.1) is 0 Å². The molecule has 2 aromatic carbocycles. The predicted octanol–water partition coefficient (Wildman–Crippen LogP) is 3.91. The third kappa shape index (κ3) is 5.57. The number of carboxylic acid groups (broad SMARTS) is 1. The van der Waals surface area contributed by atoms with Crippen LogP contribution in [0.5, 0.6) is 5.88 Å². The van der Waals surface area contributed by atoms with Crippen molar-refractivity contribution in [2.45, 2.75) is 32.2 Å². The molecule has 0 saturated carbocycles. The van der Waals surface area contributed by atoms with Crippen LogP contribution in [-0.2, 0) is 24.4 Å². The number of imidazole rings is 1. The molecular weight excluding hydrogens is 548 g/mol. The summed E-state index contributed by atoms with van der Waals surface area (Å²) >= 11 is 0. The third-order valence-electron chi connectivity index (χ3n) is 7.16. The summed E-state index contributed by atoms with van der Waals surface area (Å²) in [5.74, 6) is -1.16. The Balaban J connectivity index is 1.16. The standard InChI is InChI=1S/C29H25F2N7O4/c30-22-10-18(13-32)4-5-19(22)16-42-28-3-1-2-26(35-28)36-7-8-37(33-17-36)15-27-34-24-12-23(31)21(29(39)40)11-25(24)38(27)14-20-6-9-41-20/h1-5,10-12,17,20H,6-9,14-16H2,(H,39,40). The number of rotatable bonds is 9. The summed E-state index contributed by atoms with van der Waals surface area (Å²) in [6.07, 6.45) is 2.50. The SMILES string of the molecule is N#Cc1ccc(COc2cccc(N3C=NN(Cc4nc5cc(F)c(C(=O)O)cc5n4CC4CCO4)CC3)n2)c(F)c1. The smallest absolute Gasteiger partial charge is 0.338 e. The Morgan fingerprint density at radius 2 is 2.00 bits per heavy atom. The van der Waals surface area contributed by atoms with Crippen LogP contribution in [0.25, 0.3) is 11.0 Å². The van der Waals surface area contributed by atoms with Crippen molar-refractivity contribution in [3.05, 3.63) is 82.7 Å². The number of carbonyl (C=O) groups is 1. The Morgan fingerprint density at radius 1 is 1.14 bits per heavy atom. The second-order valence-electron chi connectivity index (χ2n) is 9.90. The van der Waals surface area contributed by atoms with E-state index in [-0.39, 0.29) is 18.3 Å². The van der Waals surface area contributed by atoms with Gasteiger partial charge in [0.2, 0.25) is 5.88 Å². The molecule has 6 rings (SSSR count). The molecule has 1 fully saturated rings. The van der Waals surface area contributed by atoms with Crippen LogP contribution in [0.4, 0.5) is 14.6 Å². The number of nitrogens with zero attached hydrogens (tertiary/aromatic N) is 7. The quantitative estimate of drug-likeness (QED) is 0.317. The van der Waals surface area contributed by atoms with Gasteiger partial charge in [0.25, 0.3) is 0 Å². The molecule has 2 aromatic heterocycles. The Bertz CT molecular complexity index is 1730. The lowest BCUT2D eigenvalue weighted by Crippen LogP contribution is -2.38. The normalized spacial score (nSPS) is 16.4. The van der Waals surface area contributed by atoms with Crippen LogP contribution in [0.2, 0.25) is 0 Å². The number of fused-ring (bicyclic) bond motifs is 1. The van der Waals surface area contributed by atoms with E-state index in [1.807, 2.05) is 26.6 Å². The van der Waals surface area contributed by atoms with E-state index in [0.717, 1.165) is 12.5 Å². The molecule has 11 nitrogen and oxygen atoms in total. The van der Waals surface area contributed by atoms with Gasteiger partial charge in [-0.3, -0.25) is 5.01 Å². The molecule has 4 heterocycles. The maximum absolute atomic E-state index is 14.4. The number of hydrogen-bond donors (Lipinski definition) is 1. The van der Waals surface area contributed by atoms with Crippen LogP contribution in [-0.4, -0.2) is 62.8 Å². The highest BCUT2D eigenvalue weighted by molar-refractivity contribution is 5.93. The maximum Gasteiger partial charge on any atom is 0.338 e. The van der Waals surface area contributed by atoms with Crippen molar-refractivity contribution in [3.63, 3.8) is 0 Å². The number of carboxylic acids is 1. The summed E-state index contributed by atoms with van der Waals surface area (Å²) in [5.41, 5.74) is 1.05. The molecule has 1 N–H and O–H groups in total. The highest BCUT2D eigenvalue weighted by Gasteiger charge is 2.25. The van der Waals surface area contributed by atoms with Gasteiger partial charge in [-0.1, -0.05) is 12.1 Å². The third-order valence-corrected chi connectivity index (χ3v) is 7.16. The Hall–Kier alpha value is -5.09. The number of aromatic nitrogens is 3. The van der Waals surface area contributed by atoms with Crippen LogP contribution >= 0.6 is 0 Å². The fourth-order valence-corrected chi connectivity index (χ4v) is 4.78. The molecule has 2 aliphatic heterocycles. The number of aromatic carboxylic acids is 1. The average Bonchev–Trinajstić information content (AvgIpc) is 3.29. The van der Waals surface area contributed by atoms with Crippen LogP contribution in [0, 0.1) is 23.0 Å². The van der Waals surface area contributed by atoms with Gasteiger partial charge in [0, 0.05) is 30.8 Å². The van der Waals surface area contributed by atoms with E-state index in [9.17, 15) is 18.7 Å². The molecule has 0 bridgehead atoms. The van der Waals surface area contributed by atoms with Gasteiger partial charge in [-0.2, -0.15) is 15.3 Å². The van der Waals surface area contributed by atoms with Gasteiger partial charge in [-0.25, -0.2) is 18.6 Å². The van der Waals surface area contributed by atoms with E-state index < -0.39 is 23.2 Å². The van der Waals surface area contributed by atoms with Crippen molar-refractivity contribution in [1.82, 2.24) is 19.5 Å². The highest BCUT2D eigenvalue weighted by Crippen LogP contribution is 2.26. The van der Waals surface area contributed by atoms with Gasteiger partial charge in [0.15, 0.2) is 0 Å². The first kappa shape index (κ1) is 27.1. The van der Waals surface area contributed by atoms with E-state index in [1.165, 1.54) is 24.3 Å². The number of hydrazone groups is 1. The van der Waals surface area contributed by atoms with Gasteiger partial charge >= 0.3 is 5.97 Å². The van der Waals surface area contributed by atoms with Crippen molar-refractivity contribution in [2.24, 2.45) is 5.10 Å². The second kappa shape index (κ2) is 11.4. The largest absolute Gasteiger partial charge is 0.478 e. The number of nitriles is 1. The fourth-order valence-electron chi connectivity index (χ4n) is 4.78. The van der Waals surface area contributed by atoms with Gasteiger partial charge < -0.3 is 24.0 Å². The monoisotopic (exact) mass is 573 g/mol. The van der Waals surface area contributed by atoms with Crippen molar-refractivity contribution >= 4 is 29.2 Å². The zero-order valence-electron chi connectivity index (χ0n) is 22.3. The van der Waals surface area contributed by atoms with Crippen LogP contribution in [0.15, 0.2) is 53.6 Å². The molecule has 1 unspecified atom stereocenters. The summed E-state index contributed by atoms with van der Waals surface area (Å²) in [7, 11) is 0. The van der Waals surface area contributed by atoms with Crippen molar-refractivity contribution < 1.29 is 28.2 Å². The molecule has 13 heteroatoms. The molecule has 214 valence electrons. The summed E-state index contributed by atoms with van der Waals surface area (Å²) in [6.45, 7) is 2.50. The van der Waals surface area contributed by atoms with E-state index in [2.05, 4.69) is 15.1 Å². The number of anilines is 1. The molecular formula is C29H25F2N7O4. The van der Waals surface area contributed by atoms with Crippen LogP contribution in [0.1, 0.15) is 33.7 Å². The molecule has 0 radical (unpaired) electrons. The highest BCUT2D eigenvalue weighted by atomic mass is 19.1. The number of halogens is 2. The summed E-state index contributed by atoms with van der Waals surface area (Å²) in [5, 5.41) is 24.7. The number of pyridine rings is 1. The topological polar surface area (TPSA) is 129 Å². The number of ether oxygens (including phenoxy) is 2. The Kier molecular flexibility index (Phi) is 7.37. The van der Waals surface area contributed by atoms with E-state index in [1.54, 1.807) is 18.5 Å². The molecule has 0 spiro atoms. The number of benzene rings is 2. The van der Waals surface area contributed by atoms with Gasteiger partial charge in [0.1, 0.15) is 36.2 Å². The molecule has 0 aliphatic carbocycles. The molecule has 1 atom stereocenters. The predicted molar refractivity (Wildman–Crippen MR) is 147 cm³/mol. The van der Waals surface area contributed by atoms with Crippen molar-refractivity contribution in [1.29, 1.82) is 5.26 Å². The van der Waals surface area contributed by atoms with E-state index >= 15 is 0 Å². The zero-order valence-corrected chi connectivity index (χ0v) is 22.3. The van der Waals surface area contributed by atoms with Gasteiger partial charge in [0.05, 0.1) is 54.0 Å².